The van der Waals surface area contributed by atoms with Crippen molar-refractivity contribution in [1.82, 2.24) is 0 Å². The number of carbonyl (C=O) groups excluding carboxylic acids is 2. The van der Waals surface area contributed by atoms with E-state index >= 15 is 0 Å². The summed E-state index contributed by atoms with van der Waals surface area (Å²) in [6.45, 7) is 14.1. The first-order chi connectivity index (χ1) is 13.3. The molecule has 0 fully saturated rings. The fourth-order valence-electron chi connectivity index (χ4n) is 2.72. The number of amides is 2. The second-order valence-corrected chi connectivity index (χ2v) is 6.21. The van der Waals surface area contributed by atoms with Crippen LogP contribution < -0.4 is 11.5 Å². The van der Waals surface area contributed by atoms with Crippen LogP contribution in [0.25, 0.3) is 20.8 Å². The summed E-state index contributed by atoms with van der Waals surface area (Å²) in [6, 6.07) is 6.94. The second-order valence-electron chi connectivity index (χ2n) is 6.21. The zero-order valence-corrected chi connectivity index (χ0v) is 14.8. The van der Waals surface area contributed by atoms with Gasteiger partial charge < -0.3 is 31.4 Å². The van der Waals surface area contributed by atoms with Crippen LogP contribution in [0.15, 0.2) is 36.4 Å². The second kappa shape index (κ2) is 8.56. The number of aromatic hydroxyl groups is 2. The summed E-state index contributed by atoms with van der Waals surface area (Å²) in [5, 5.41) is 20.5. The first-order valence-electron chi connectivity index (χ1n) is 8.22. The maximum atomic E-state index is 11.3. The topological polar surface area (TPSA) is 135 Å². The van der Waals surface area contributed by atoms with E-state index in [1.165, 1.54) is 12.1 Å². The molecule has 2 rings (SSSR count). The van der Waals surface area contributed by atoms with E-state index in [-0.39, 0.29) is 35.5 Å². The number of nitrogens with zero attached hydrogens (tertiary/aromatic N) is 2. The number of phenolic OH excluding ortho intramolecular Hbond substituents is 2. The van der Waals surface area contributed by atoms with Crippen LogP contribution in [0.4, 0.5) is 0 Å². The van der Waals surface area contributed by atoms with Gasteiger partial charge in [0.15, 0.2) is 0 Å². The molecule has 0 unspecified atom stereocenters. The largest absolute Gasteiger partial charge is 0.507 e. The monoisotopic (exact) mass is 378 g/mol. The number of hydrogen-bond donors (Lipinski definition) is 4. The summed E-state index contributed by atoms with van der Waals surface area (Å²) in [4.78, 5) is 29.0. The predicted octanol–water partition coefficient (Wildman–Crippen LogP) is 1.40. The maximum absolute atomic E-state index is 11.3. The van der Waals surface area contributed by atoms with E-state index in [9.17, 15) is 19.8 Å². The molecule has 6 N–H and O–H groups in total. The van der Waals surface area contributed by atoms with E-state index in [1.54, 1.807) is 24.3 Å². The van der Waals surface area contributed by atoms with E-state index in [2.05, 4.69) is 9.69 Å². The molecule has 2 aromatic carbocycles. The summed E-state index contributed by atoms with van der Waals surface area (Å²) in [5.74, 6) is -1.73. The standard InChI is InChI=1S/C20H18N4O4/c1-23-15(19(21)27)9-11-3-5-17(25)13(7-11)14-8-12(4-6-18(14)26)10-16(24-2)20(22)28/h3-8,15-16,25-26H,9-10H2,(H2,21,27)(H2,22,28)/t15-,16-/m0/s1. The number of phenols is 2. The normalized spacial score (nSPS) is 12.4. The number of rotatable bonds is 7. The van der Waals surface area contributed by atoms with Gasteiger partial charge in [0.1, 0.15) is 11.5 Å². The van der Waals surface area contributed by atoms with Crippen LogP contribution in [0.1, 0.15) is 11.1 Å². The van der Waals surface area contributed by atoms with Gasteiger partial charge in [-0.05, 0) is 35.4 Å². The summed E-state index contributed by atoms with van der Waals surface area (Å²) in [7, 11) is 0. The summed E-state index contributed by atoms with van der Waals surface area (Å²) in [6.07, 6.45) is 0.127. The summed E-state index contributed by atoms with van der Waals surface area (Å²) in [5.41, 5.74) is 12.1. The van der Waals surface area contributed by atoms with Gasteiger partial charge in [-0.2, -0.15) is 0 Å². The van der Waals surface area contributed by atoms with Crippen LogP contribution in [0, 0.1) is 13.1 Å². The van der Waals surface area contributed by atoms with E-state index in [0.29, 0.717) is 11.1 Å². The van der Waals surface area contributed by atoms with Crippen molar-refractivity contribution in [3.63, 3.8) is 0 Å². The minimum Gasteiger partial charge on any atom is -0.507 e. The number of benzene rings is 2. The molecule has 0 spiro atoms. The molecule has 0 heterocycles. The molecule has 8 nitrogen and oxygen atoms in total. The lowest BCUT2D eigenvalue weighted by Crippen LogP contribution is -2.27. The lowest BCUT2D eigenvalue weighted by molar-refractivity contribution is -0.119. The van der Waals surface area contributed by atoms with Gasteiger partial charge in [0.25, 0.3) is 0 Å². The zero-order chi connectivity index (χ0) is 20.8. The van der Waals surface area contributed by atoms with Crippen LogP contribution in [0.2, 0.25) is 0 Å². The van der Waals surface area contributed by atoms with Crippen molar-refractivity contribution >= 4 is 11.8 Å². The molecule has 0 saturated heterocycles. The number of primary amides is 2. The Morgan fingerprint density at radius 1 is 0.821 bits per heavy atom. The van der Waals surface area contributed by atoms with Crippen molar-refractivity contribution in [1.29, 1.82) is 0 Å². The zero-order valence-electron chi connectivity index (χ0n) is 14.8. The van der Waals surface area contributed by atoms with E-state index in [1.807, 2.05) is 0 Å². The van der Waals surface area contributed by atoms with Crippen LogP contribution in [-0.2, 0) is 22.4 Å². The molecule has 28 heavy (non-hydrogen) atoms. The molecular weight excluding hydrogens is 360 g/mol. The predicted molar refractivity (Wildman–Crippen MR) is 102 cm³/mol. The molecule has 2 aromatic rings. The number of nitrogens with two attached hydrogens (primary N) is 2. The average molecular weight is 378 g/mol. The average Bonchev–Trinajstić information content (AvgIpc) is 2.66. The van der Waals surface area contributed by atoms with Gasteiger partial charge in [-0.25, -0.2) is 13.1 Å². The van der Waals surface area contributed by atoms with E-state index in [0.717, 1.165) is 0 Å². The molecule has 0 aliphatic heterocycles. The number of carbonyl (C=O) groups is 2. The Morgan fingerprint density at radius 3 is 1.46 bits per heavy atom. The smallest absolute Gasteiger partial charge is 0.304 e. The molecule has 2 atom stereocenters. The Hall–Kier alpha value is -4.04. The molecular formula is C20H18N4O4. The first-order valence-corrected chi connectivity index (χ1v) is 8.22. The highest BCUT2D eigenvalue weighted by atomic mass is 16.3. The Morgan fingerprint density at radius 2 is 1.18 bits per heavy atom. The van der Waals surface area contributed by atoms with Crippen LogP contribution in [-0.4, -0.2) is 34.1 Å². The fourth-order valence-corrected chi connectivity index (χ4v) is 2.72. The van der Waals surface area contributed by atoms with Gasteiger partial charge in [0.05, 0.1) is 12.8 Å². The van der Waals surface area contributed by atoms with Crippen molar-refractivity contribution in [2.75, 3.05) is 0 Å². The summed E-state index contributed by atoms with van der Waals surface area (Å²) < 4.78 is 0. The van der Waals surface area contributed by atoms with Crippen molar-refractivity contribution in [3.8, 4) is 22.6 Å². The minimum absolute atomic E-state index is 0.0635. The van der Waals surface area contributed by atoms with Gasteiger partial charge in [0.2, 0.25) is 0 Å². The van der Waals surface area contributed by atoms with Gasteiger partial charge >= 0.3 is 23.9 Å². The van der Waals surface area contributed by atoms with Gasteiger partial charge in [-0.15, -0.1) is 0 Å². The Kier molecular flexibility index (Phi) is 6.20. The Balaban J connectivity index is 2.44. The van der Waals surface area contributed by atoms with Gasteiger partial charge in [0, 0.05) is 11.1 Å². The molecule has 0 saturated carbocycles. The van der Waals surface area contributed by atoms with Crippen molar-refractivity contribution < 1.29 is 19.8 Å². The quantitative estimate of drug-likeness (QED) is 0.541. The van der Waals surface area contributed by atoms with Crippen molar-refractivity contribution in [3.05, 3.63) is 70.4 Å². The van der Waals surface area contributed by atoms with Crippen molar-refractivity contribution in [2.24, 2.45) is 11.5 Å². The van der Waals surface area contributed by atoms with Crippen LogP contribution in [0.5, 0.6) is 11.5 Å². The SMILES string of the molecule is [C-]#[N+][C@@H](Cc1ccc(O)c(-c2cc(C[C@H]([N+]#[C-])C(N)=O)ccc2O)c1)C(N)=O. The third kappa shape index (κ3) is 4.57. The highest BCUT2D eigenvalue weighted by Gasteiger charge is 2.23. The van der Waals surface area contributed by atoms with Crippen LogP contribution in [0.3, 0.4) is 0 Å². The summed E-state index contributed by atoms with van der Waals surface area (Å²) >= 11 is 0. The minimum atomic E-state index is -1.03. The van der Waals surface area contributed by atoms with E-state index < -0.39 is 23.9 Å². The third-order valence-corrected chi connectivity index (χ3v) is 4.24. The molecule has 0 aliphatic carbocycles. The lowest BCUT2D eigenvalue weighted by Gasteiger charge is -2.12. The molecule has 0 aliphatic rings. The number of hydrogen-bond acceptors (Lipinski definition) is 4. The maximum Gasteiger partial charge on any atom is 0.304 e. The van der Waals surface area contributed by atoms with Gasteiger partial charge in [-0.1, -0.05) is 12.1 Å². The Labute approximate surface area is 161 Å². The lowest BCUT2D eigenvalue weighted by atomic mass is 9.95. The molecule has 2 amide bonds. The van der Waals surface area contributed by atoms with Crippen molar-refractivity contribution in [2.45, 2.75) is 24.9 Å². The molecule has 0 aromatic heterocycles. The fraction of sp³-hybridized carbons (Fsp3) is 0.200. The van der Waals surface area contributed by atoms with E-state index in [4.69, 9.17) is 24.6 Å². The molecule has 0 bridgehead atoms. The molecule has 8 heteroatoms. The highest BCUT2D eigenvalue weighted by Crippen LogP contribution is 2.37. The molecule has 0 radical (unpaired) electrons. The third-order valence-electron chi connectivity index (χ3n) is 4.24. The Bertz CT molecular complexity index is 923. The molecule has 142 valence electrons. The van der Waals surface area contributed by atoms with Crippen LogP contribution >= 0.6 is 0 Å². The first kappa shape index (κ1) is 20.3. The van der Waals surface area contributed by atoms with Gasteiger partial charge in [-0.3, -0.25) is 9.59 Å². The highest BCUT2D eigenvalue weighted by molar-refractivity contribution is 5.83.